The molecule has 1 aromatic heterocycles. The number of amides is 1. The fourth-order valence-electron chi connectivity index (χ4n) is 2.61. The summed E-state index contributed by atoms with van der Waals surface area (Å²) >= 11 is 1.41. The molecule has 0 bridgehead atoms. The van der Waals surface area contributed by atoms with Crippen LogP contribution in [0.2, 0.25) is 0 Å². The zero-order valence-electron chi connectivity index (χ0n) is 15.2. The zero-order valence-corrected chi connectivity index (χ0v) is 16.0. The zero-order chi connectivity index (χ0) is 19.1. The summed E-state index contributed by atoms with van der Waals surface area (Å²) in [5, 5.41) is 8.53. The highest BCUT2D eigenvalue weighted by atomic mass is 32.1. The summed E-state index contributed by atoms with van der Waals surface area (Å²) in [7, 11) is 0. The number of carbonyl (C=O) groups is 1. The number of nitrogens with one attached hydrogen (secondary N) is 2. The number of unbranched alkanes of at least 4 members (excludes halogenated alkanes) is 1. The van der Waals surface area contributed by atoms with Gasteiger partial charge in [-0.2, -0.15) is 0 Å². The molecular weight excluding hydrogens is 361 g/mol. The Hall–Kier alpha value is -2.73. The van der Waals surface area contributed by atoms with E-state index in [1.54, 1.807) is 12.1 Å². The summed E-state index contributed by atoms with van der Waals surface area (Å²) in [6.45, 7) is 2.17. The molecule has 0 saturated heterocycles. The van der Waals surface area contributed by atoms with Crippen molar-refractivity contribution in [3.8, 4) is 0 Å². The molecule has 3 rings (SSSR count). The normalized spacial score (nSPS) is 10.6. The van der Waals surface area contributed by atoms with Crippen LogP contribution in [0.25, 0.3) is 0 Å². The Morgan fingerprint density at radius 2 is 1.78 bits per heavy atom. The number of thiazole rings is 1. The Morgan fingerprint density at radius 3 is 2.48 bits per heavy atom. The molecule has 0 aliphatic carbocycles. The van der Waals surface area contributed by atoms with E-state index in [0.717, 1.165) is 17.8 Å². The van der Waals surface area contributed by atoms with Gasteiger partial charge in [-0.15, -0.1) is 11.3 Å². The van der Waals surface area contributed by atoms with E-state index in [-0.39, 0.29) is 18.1 Å². The van der Waals surface area contributed by atoms with E-state index >= 15 is 0 Å². The Balaban J connectivity index is 1.52. The van der Waals surface area contributed by atoms with E-state index in [0.29, 0.717) is 10.8 Å². The summed E-state index contributed by atoms with van der Waals surface area (Å²) in [4.78, 5) is 16.6. The van der Waals surface area contributed by atoms with Gasteiger partial charge in [0.2, 0.25) is 5.91 Å². The minimum atomic E-state index is -0.282. The predicted molar refractivity (Wildman–Crippen MR) is 109 cm³/mol. The number of nitrogens with zero attached hydrogens (tertiary/aromatic N) is 1. The number of rotatable bonds is 8. The second-order valence-electron chi connectivity index (χ2n) is 6.30. The fourth-order valence-corrected chi connectivity index (χ4v) is 3.34. The lowest BCUT2D eigenvalue weighted by atomic mass is 10.1. The van der Waals surface area contributed by atoms with Crippen LogP contribution in [0.15, 0.2) is 53.9 Å². The fraction of sp³-hybridized carbons (Fsp3) is 0.238. The molecule has 2 aromatic carbocycles. The molecule has 0 radical (unpaired) electrons. The van der Waals surface area contributed by atoms with Gasteiger partial charge < -0.3 is 10.6 Å². The highest BCUT2D eigenvalue weighted by Gasteiger charge is 2.09. The van der Waals surface area contributed by atoms with Gasteiger partial charge in [-0.25, -0.2) is 9.37 Å². The molecule has 140 valence electrons. The van der Waals surface area contributed by atoms with E-state index in [4.69, 9.17) is 0 Å². The van der Waals surface area contributed by atoms with Gasteiger partial charge in [0, 0.05) is 16.8 Å². The third kappa shape index (κ3) is 5.89. The van der Waals surface area contributed by atoms with Gasteiger partial charge >= 0.3 is 0 Å². The summed E-state index contributed by atoms with van der Waals surface area (Å²) in [6, 6.07) is 14.0. The number of halogens is 1. The lowest BCUT2D eigenvalue weighted by Crippen LogP contribution is -2.14. The standard InChI is InChI=1S/C21H22FN3OS/c1-2-3-4-15-5-9-17(10-6-15)23-20(26)13-19-14-27-21(25-19)24-18-11-7-16(22)8-12-18/h5-12,14H,2-4,13H2,1H3,(H,23,26)(H,24,25). The molecule has 3 aromatic rings. The maximum atomic E-state index is 12.9. The Morgan fingerprint density at radius 1 is 1.07 bits per heavy atom. The van der Waals surface area contributed by atoms with Crippen LogP contribution in [-0.2, 0) is 17.6 Å². The van der Waals surface area contributed by atoms with Gasteiger partial charge in [-0.3, -0.25) is 4.79 Å². The summed E-state index contributed by atoms with van der Waals surface area (Å²) < 4.78 is 12.9. The number of aromatic nitrogens is 1. The Bertz CT molecular complexity index is 875. The van der Waals surface area contributed by atoms with Crippen molar-refractivity contribution in [1.29, 1.82) is 0 Å². The van der Waals surface area contributed by atoms with Crippen molar-refractivity contribution in [2.75, 3.05) is 10.6 Å². The topological polar surface area (TPSA) is 54.0 Å². The molecule has 0 atom stereocenters. The summed E-state index contributed by atoms with van der Waals surface area (Å²) in [5.74, 6) is -0.384. The maximum absolute atomic E-state index is 12.9. The highest BCUT2D eigenvalue weighted by molar-refractivity contribution is 7.13. The van der Waals surface area contributed by atoms with Gasteiger partial charge in [0.1, 0.15) is 5.82 Å². The van der Waals surface area contributed by atoms with Gasteiger partial charge in [0.25, 0.3) is 0 Å². The molecule has 0 fully saturated rings. The van der Waals surface area contributed by atoms with E-state index in [9.17, 15) is 9.18 Å². The minimum Gasteiger partial charge on any atom is -0.332 e. The molecule has 0 saturated carbocycles. The smallest absolute Gasteiger partial charge is 0.230 e. The SMILES string of the molecule is CCCCc1ccc(NC(=O)Cc2csc(Nc3ccc(F)cc3)n2)cc1. The molecule has 27 heavy (non-hydrogen) atoms. The molecule has 1 heterocycles. The first-order valence-electron chi connectivity index (χ1n) is 8.98. The Labute approximate surface area is 162 Å². The molecule has 0 aliphatic rings. The molecule has 2 N–H and O–H groups in total. The number of hydrogen-bond donors (Lipinski definition) is 2. The lowest BCUT2D eigenvalue weighted by molar-refractivity contribution is -0.115. The molecule has 0 aliphatic heterocycles. The lowest BCUT2D eigenvalue weighted by Gasteiger charge is -2.06. The summed E-state index contributed by atoms with van der Waals surface area (Å²) in [6.07, 6.45) is 3.61. The van der Waals surface area contributed by atoms with Crippen molar-refractivity contribution in [3.63, 3.8) is 0 Å². The number of anilines is 3. The largest absolute Gasteiger partial charge is 0.332 e. The number of aryl methyl sites for hydroxylation is 1. The van der Waals surface area contributed by atoms with Gasteiger partial charge in [0.05, 0.1) is 12.1 Å². The molecule has 4 nitrogen and oxygen atoms in total. The quantitative estimate of drug-likeness (QED) is 0.536. The predicted octanol–water partition coefficient (Wildman–Crippen LogP) is 5.55. The molecular formula is C21H22FN3OS. The van der Waals surface area contributed by atoms with E-state index in [1.807, 2.05) is 17.5 Å². The van der Waals surface area contributed by atoms with Crippen molar-refractivity contribution >= 4 is 33.8 Å². The van der Waals surface area contributed by atoms with Crippen LogP contribution in [0, 0.1) is 5.82 Å². The number of benzene rings is 2. The van der Waals surface area contributed by atoms with Crippen LogP contribution >= 0.6 is 11.3 Å². The van der Waals surface area contributed by atoms with Crippen LogP contribution in [0.1, 0.15) is 31.0 Å². The monoisotopic (exact) mass is 383 g/mol. The third-order valence-corrected chi connectivity index (χ3v) is 4.85. The van der Waals surface area contributed by atoms with Crippen molar-refractivity contribution in [2.24, 2.45) is 0 Å². The van der Waals surface area contributed by atoms with Crippen molar-refractivity contribution in [2.45, 2.75) is 32.6 Å². The molecule has 0 spiro atoms. The molecule has 0 unspecified atom stereocenters. The summed E-state index contributed by atoms with van der Waals surface area (Å²) in [5.41, 5.74) is 3.53. The van der Waals surface area contributed by atoms with Gasteiger partial charge in [-0.05, 0) is 54.8 Å². The number of hydrogen-bond acceptors (Lipinski definition) is 4. The van der Waals surface area contributed by atoms with Crippen LogP contribution < -0.4 is 10.6 Å². The van der Waals surface area contributed by atoms with Crippen molar-refractivity contribution in [1.82, 2.24) is 4.98 Å². The Kier molecular flexibility index (Phi) is 6.54. The van der Waals surface area contributed by atoms with Crippen molar-refractivity contribution < 1.29 is 9.18 Å². The van der Waals surface area contributed by atoms with Crippen molar-refractivity contribution in [3.05, 3.63) is 71.0 Å². The average molecular weight is 383 g/mol. The van der Waals surface area contributed by atoms with E-state index in [2.05, 4.69) is 34.7 Å². The first-order chi connectivity index (χ1) is 13.1. The first kappa shape index (κ1) is 19.0. The second-order valence-corrected chi connectivity index (χ2v) is 7.16. The molecule has 1 amide bonds. The second kappa shape index (κ2) is 9.28. The van der Waals surface area contributed by atoms with Crippen LogP contribution in [0.3, 0.4) is 0 Å². The van der Waals surface area contributed by atoms with Crippen LogP contribution in [0.4, 0.5) is 20.9 Å². The van der Waals surface area contributed by atoms with Crippen LogP contribution in [0.5, 0.6) is 0 Å². The van der Waals surface area contributed by atoms with Gasteiger partial charge in [-0.1, -0.05) is 25.5 Å². The van der Waals surface area contributed by atoms with E-state index < -0.39 is 0 Å². The minimum absolute atomic E-state index is 0.102. The first-order valence-corrected chi connectivity index (χ1v) is 9.86. The number of carbonyl (C=O) groups excluding carboxylic acids is 1. The maximum Gasteiger partial charge on any atom is 0.230 e. The van der Waals surface area contributed by atoms with E-state index in [1.165, 1.54) is 41.9 Å². The third-order valence-electron chi connectivity index (χ3n) is 4.05. The molecule has 6 heteroatoms. The average Bonchev–Trinajstić information content (AvgIpc) is 3.09. The van der Waals surface area contributed by atoms with Gasteiger partial charge in [0.15, 0.2) is 5.13 Å². The van der Waals surface area contributed by atoms with Crippen LogP contribution in [-0.4, -0.2) is 10.9 Å². The highest BCUT2D eigenvalue weighted by Crippen LogP contribution is 2.21.